The number of tetrazole rings is 1. The second-order valence-electron chi connectivity index (χ2n) is 5.48. The van der Waals surface area contributed by atoms with Gasteiger partial charge in [-0.3, -0.25) is 0 Å². The van der Waals surface area contributed by atoms with Crippen molar-refractivity contribution in [3.63, 3.8) is 0 Å². The standard InChI is InChI=1S/C18H17N5O2/c19-11-10-14-6-8-17(9-7-14)25-13-16(24)12-23-21-18(20-22-23)15-4-2-1-3-5-15/h1-9,16,24H,10,12-13H2/t16-/m1/s1. The Morgan fingerprint density at radius 1 is 1.12 bits per heavy atom. The number of ether oxygens (including phenoxy) is 1. The summed E-state index contributed by atoms with van der Waals surface area (Å²) in [5.41, 5.74) is 1.80. The second kappa shape index (κ2) is 8.04. The summed E-state index contributed by atoms with van der Waals surface area (Å²) >= 11 is 0. The lowest BCUT2D eigenvalue weighted by Gasteiger charge is -2.11. The molecular formula is C18H17N5O2. The van der Waals surface area contributed by atoms with E-state index in [0.717, 1.165) is 11.1 Å². The first-order valence-electron chi connectivity index (χ1n) is 7.84. The Kier molecular flexibility index (Phi) is 5.34. The maximum Gasteiger partial charge on any atom is 0.204 e. The van der Waals surface area contributed by atoms with Crippen molar-refractivity contribution in [1.29, 1.82) is 5.26 Å². The van der Waals surface area contributed by atoms with Gasteiger partial charge in [0.25, 0.3) is 0 Å². The van der Waals surface area contributed by atoms with Crippen LogP contribution in [-0.4, -0.2) is 38.0 Å². The van der Waals surface area contributed by atoms with E-state index in [0.29, 0.717) is 18.0 Å². The zero-order chi connectivity index (χ0) is 17.5. The fraction of sp³-hybridized carbons (Fsp3) is 0.222. The third-order valence-electron chi connectivity index (χ3n) is 3.51. The molecule has 0 aliphatic heterocycles. The van der Waals surface area contributed by atoms with Crippen molar-refractivity contribution in [3.05, 3.63) is 60.2 Å². The number of nitriles is 1. The Hall–Kier alpha value is -3.24. The van der Waals surface area contributed by atoms with Gasteiger partial charge in [0, 0.05) is 5.56 Å². The highest BCUT2D eigenvalue weighted by atomic mass is 16.5. The van der Waals surface area contributed by atoms with E-state index < -0.39 is 6.10 Å². The molecule has 126 valence electrons. The zero-order valence-corrected chi connectivity index (χ0v) is 13.5. The first-order valence-corrected chi connectivity index (χ1v) is 7.84. The number of hydrogen-bond acceptors (Lipinski definition) is 6. The molecule has 1 heterocycles. The number of aliphatic hydroxyl groups excluding tert-OH is 1. The Morgan fingerprint density at radius 2 is 1.88 bits per heavy atom. The Bertz CT molecular complexity index is 840. The normalized spacial score (nSPS) is 11.7. The molecule has 0 saturated heterocycles. The Balaban J connectivity index is 1.52. The highest BCUT2D eigenvalue weighted by Gasteiger charge is 2.11. The maximum atomic E-state index is 10.1. The monoisotopic (exact) mass is 335 g/mol. The summed E-state index contributed by atoms with van der Waals surface area (Å²) in [4.78, 5) is 1.35. The average Bonchev–Trinajstić information content (AvgIpc) is 3.11. The van der Waals surface area contributed by atoms with Gasteiger partial charge in [0.05, 0.1) is 19.0 Å². The summed E-state index contributed by atoms with van der Waals surface area (Å²) in [6.07, 6.45) is -0.401. The molecule has 1 N–H and O–H groups in total. The van der Waals surface area contributed by atoms with Crippen LogP contribution in [0.5, 0.6) is 5.75 Å². The van der Waals surface area contributed by atoms with Crippen molar-refractivity contribution >= 4 is 0 Å². The van der Waals surface area contributed by atoms with E-state index in [1.807, 2.05) is 42.5 Å². The van der Waals surface area contributed by atoms with Gasteiger partial charge in [0.1, 0.15) is 18.5 Å². The van der Waals surface area contributed by atoms with Crippen LogP contribution in [0.25, 0.3) is 11.4 Å². The smallest absolute Gasteiger partial charge is 0.204 e. The minimum Gasteiger partial charge on any atom is -0.491 e. The predicted octanol–water partition coefficient (Wildman–Crippen LogP) is 1.85. The topological polar surface area (TPSA) is 96.8 Å². The van der Waals surface area contributed by atoms with E-state index in [-0.39, 0.29) is 13.2 Å². The van der Waals surface area contributed by atoms with Gasteiger partial charge in [-0.15, -0.1) is 10.2 Å². The highest BCUT2D eigenvalue weighted by Crippen LogP contribution is 2.14. The van der Waals surface area contributed by atoms with Crippen molar-refractivity contribution in [3.8, 4) is 23.2 Å². The first-order chi connectivity index (χ1) is 12.2. The molecule has 1 aromatic heterocycles. The van der Waals surface area contributed by atoms with Crippen molar-refractivity contribution in [1.82, 2.24) is 20.2 Å². The molecule has 3 rings (SSSR count). The van der Waals surface area contributed by atoms with Crippen molar-refractivity contribution in [2.45, 2.75) is 19.1 Å². The fourth-order valence-electron chi connectivity index (χ4n) is 2.25. The Labute approximate surface area is 145 Å². The van der Waals surface area contributed by atoms with Crippen LogP contribution in [0.3, 0.4) is 0 Å². The predicted molar refractivity (Wildman–Crippen MR) is 90.5 cm³/mol. The van der Waals surface area contributed by atoms with Crippen molar-refractivity contribution < 1.29 is 9.84 Å². The van der Waals surface area contributed by atoms with Gasteiger partial charge in [0.2, 0.25) is 5.82 Å². The molecule has 3 aromatic rings. The van der Waals surface area contributed by atoms with Crippen LogP contribution >= 0.6 is 0 Å². The molecule has 0 saturated carbocycles. The van der Waals surface area contributed by atoms with Crippen LogP contribution in [0.4, 0.5) is 0 Å². The molecule has 7 heteroatoms. The zero-order valence-electron chi connectivity index (χ0n) is 13.5. The third-order valence-corrected chi connectivity index (χ3v) is 3.51. The van der Waals surface area contributed by atoms with E-state index in [1.165, 1.54) is 4.80 Å². The number of aromatic nitrogens is 4. The van der Waals surface area contributed by atoms with E-state index in [2.05, 4.69) is 21.5 Å². The summed E-state index contributed by atoms with van der Waals surface area (Å²) in [6, 6.07) is 18.8. The SMILES string of the molecule is N#CCc1ccc(OC[C@H](O)Cn2nnc(-c3ccccc3)n2)cc1. The minimum absolute atomic E-state index is 0.111. The maximum absolute atomic E-state index is 10.1. The molecule has 0 unspecified atom stereocenters. The van der Waals surface area contributed by atoms with E-state index in [1.54, 1.807) is 12.1 Å². The summed E-state index contributed by atoms with van der Waals surface area (Å²) in [5.74, 6) is 1.15. The lowest BCUT2D eigenvalue weighted by molar-refractivity contribution is 0.0850. The molecule has 2 aromatic carbocycles. The summed E-state index contributed by atoms with van der Waals surface area (Å²) in [6.45, 7) is 0.298. The highest BCUT2D eigenvalue weighted by molar-refractivity contribution is 5.52. The molecule has 1 atom stereocenters. The van der Waals surface area contributed by atoms with Crippen LogP contribution in [0, 0.1) is 11.3 Å². The average molecular weight is 335 g/mol. The summed E-state index contributed by atoms with van der Waals surface area (Å²) in [7, 11) is 0. The molecule has 0 fully saturated rings. The van der Waals surface area contributed by atoms with Gasteiger partial charge >= 0.3 is 0 Å². The first kappa shape index (κ1) is 16.6. The van der Waals surface area contributed by atoms with Crippen LogP contribution in [-0.2, 0) is 13.0 Å². The van der Waals surface area contributed by atoms with E-state index >= 15 is 0 Å². The van der Waals surface area contributed by atoms with Gasteiger partial charge < -0.3 is 9.84 Å². The quantitative estimate of drug-likeness (QED) is 0.708. The molecule has 0 radical (unpaired) electrons. The van der Waals surface area contributed by atoms with Crippen molar-refractivity contribution in [2.75, 3.05) is 6.61 Å². The fourth-order valence-corrected chi connectivity index (χ4v) is 2.25. The molecular weight excluding hydrogens is 318 g/mol. The number of hydrogen-bond donors (Lipinski definition) is 1. The number of aliphatic hydroxyl groups is 1. The molecule has 25 heavy (non-hydrogen) atoms. The van der Waals surface area contributed by atoms with Crippen LogP contribution in [0.1, 0.15) is 5.56 Å². The van der Waals surface area contributed by atoms with Gasteiger partial charge in [-0.1, -0.05) is 42.5 Å². The summed E-state index contributed by atoms with van der Waals surface area (Å²) in [5, 5.41) is 30.9. The number of nitrogens with zero attached hydrogens (tertiary/aromatic N) is 5. The third kappa shape index (κ3) is 4.62. The van der Waals surface area contributed by atoms with E-state index in [4.69, 9.17) is 10.00 Å². The van der Waals surface area contributed by atoms with Crippen LogP contribution < -0.4 is 4.74 Å². The van der Waals surface area contributed by atoms with Crippen LogP contribution in [0.2, 0.25) is 0 Å². The molecule has 7 nitrogen and oxygen atoms in total. The molecule has 0 aliphatic carbocycles. The van der Waals surface area contributed by atoms with Crippen LogP contribution in [0.15, 0.2) is 54.6 Å². The van der Waals surface area contributed by atoms with Crippen molar-refractivity contribution in [2.24, 2.45) is 0 Å². The molecule has 0 amide bonds. The number of rotatable bonds is 7. The largest absolute Gasteiger partial charge is 0.491 e. The van der Waals surface area contributed by atoms with Gasteiger partial charge in [-0.25, -0.2) is 0 Å². The second-order valence-corrected chi connectivity index (χ2v) is 5.48. The lowest BCUT2D eigenvalue weighted by atomic mass is 10.2. The molecule has 0 bridgehead atoms. The van der Waals surface area contributed by atoms with Gasteiger partial charge in [-0.2, -0.15) is 10.1 Å². The summed E-state index contributed by atoms with van der Waals surface area (Å²) < 4.78 is 5.54. The molecule has 0 spiro atoms. The van der Waals surface area contributed by atoms with E-state index in [9.17, 15) is 5.11 Å². The minimum atomic E-state index is -0.767. The molecule has 0 aliphatic rings. The Morgan fingerprint density at radius 3 is 2.60 bits per heavy atom. The van der Waals surface area contributed by atoms with Gasteiger partial charge in [-0.05, 0) is 22.9 Å². The lowest BCUT2D eigenvalue weighted by Crippen LogP contribution is -2.25. The number of benzene rings is 2. The van der Waals surface area contributed by atoms with Gasteiger partial charge in [0.15, 0.2) is 0 Å².